The molecule has 124 valence electrons. The molecule has 4 nitrogen and oxygen atoms in total. The van der Waals surface area contributed by atoms with Crippen molar-refractivity contribution in [2.75, 3.05) is 6.79 Å². The van der Waals surface area contributed by atoms with Gasteiger partial charge in [-0.25, -0.2) is 0 Å². The van der Waals surface area contributed by atoms with Crippen LogP contribution in [0.5, 0.6) is 11.5 Å². The van der Waals surface area contributed by atoms with Crippen LogP contribution in [0.25, 0.3) is 6.08 Å². The summed E-state index contributed by atoms with van der Waals surface area (Å²) in [6.45, 7) is 2.13. The van der Waals surface area contributed by atoms with Crippen LogP contribution in [0.4, 0.5) is 0 Å². The molecule has 2 aromatic rings. The number of hydrogen-bond donors (Lipinski definition) is 1. The Morgan fingerprint density at radius 3 is 2.75 bits per heavy atom. The lowest BCUT2D eigenvalue weighted by atomic mass is 10.1. The van der Waals surface area contributed by atoms with Gasteiger partial charge in [0.25, 0.3) is 0 Å². The normalized spacial score (nSPS) is 14.0. The fourth-order valence-corrected chi connectivity index (χ4v) is 2.80. The van der Waals surface area contributed by atoms with Gasteiger partial charge >= 0.3 is 0 Å². The van der Waals surface area contributed by atoms with Gasteiger partial charge in [0.15, 0.2) is 11.5 Å². The van der Waals surface area contributed by atoms with E-state index in [9.17, 15) is 4.79 Å². The zero-order valence-electron chi connectivity index (χ0n) is 12.9. The predicted octanol–water partition coefficient (Wildman–Crippen LogP) is 4.61. The van der Waals surface area contributed by atoms with Crippen LogP contribution in [-0.2, 0) is 4.79 Å². The van der Waals surface area contributed by atoms with Crippen molar-refractivity contribution >= 4 is 35.2 Å². The highest BCUT2D eigenvalue weighted by molar-refractivity contribution is 6.35. The lowest BCUT2D eigenvalue weighted by Crippen LogP contribution is -2.24. The van der Waals surface area contributed by atoms with E-state index in [2.05, 4.69) is 5.32 Å². The first kappa shape index (κ1) is 16.7. The number of nitrogens with one attached hydrogen (secondary N) is 1. The van der Waals surface area contributed by atoms with Crippen LogP contribution in [0.2, 0.25) is 10.0 Å². The molecule has 1 aliphatic heterocycles. The number of carbonyl (C=O) groups is 1. The Balaban J connectivity index is 1.64. The second-order valence-electron chi connectivity index (χ2n) is 5.34. The van der Waals surface area contributed by atoms with Crippen molar-refractivity contribution in [2.45, 2.75) is 13.0 Å². The largest absolute Gasteiger partial charge is 0.454 e. The quantitative estimate of drug-likeness (QED) is 0.806. The molecule has 1 atom stereocenters. The van der Waals surface area contributed by atoms with Crippen LogP contribution in [-0.4, -0.2) is 12.7 Å². The van der Waals surface area contributed by atoms with E-state index in [1.807, 2.05) is 25.1 Å². The third kappa shape index (κ3) is 3.83. The van der Waals surface area contributed by atoms with Crippen molar-refractivity contribution in [3.8, 4) is 11.5 Å². The molecule has 0 bridgehead atoms. The third-order valence-corrected chi connectivity index (χ3v) is 4.19. The lowest BCUT2D eigenvalue weighted by Gasteiger charge is -2.13. The molecule has 1 heterocycles. The number of rotatable bonds is 4. The minimum Gasteiger partial charge on any atom is -0.454 e. The molecule has 1 amide bonds. The summed E-state index contributed by atoms with van der Waals surface area (Å²) in [5.41, 5.74) is 1.66. The average molecular weight is 364 g/mol. The highest BCUT2D eigenvalue weighted by Gasteiger charge is 2.16. The highest BCUT2D eigenvalue weighted by atomic mass is 35.5. The van der Waals surface area contributed by atoms with Gasteiger partial charge in [0.2, 0.25) is 12.7 Å². The van der Waals surface area contributed by atoms with Crippen LogP contribution in [0.3, 0.4) is 0 Å². The van der Waals surface area contributed by atoms with E-state index >= 15 is 0 Å². The van der Waals surface area contributed by atoms with Crippen LogP contribution < -0.4 is 14.8 Å². The number of fused-ring (bicyclic) bond motifs is 1. The van der Waals surface area contributed by atoms with E-state index in [4.69, 9.17) is 32.7 Å². The predicted molar refractivity (Wildman–Crippen MR) is 94.6 cm³/mol. The maximum Gasteiger partial charge on any atom is 0.244 e. The van der Waals surface area contributed by atoms with E-state index in [0.29, 0.717) is 15.8 Å². The number of carbonyl (C=O) groups excluding carboxylic acids is 1. The molecule has 0 fully saturated rings. The molecule has 1 unspecified atom stereocenters. The molecule has 2 aromatic carbocycles. The van der Waals surface area contributed by atoms with Crippen LogP contribution >= 0.6 is 23.2 Å². The fourth-order valence-electron chi connectivity index (χ4n) is 2.33. The summed E-state index contributed by atoms with van der Waals surface area (Å²) in [5, 5.41) is 3.95. The molecule has 1 aliphatic rings. The monoisotopic (exact) mass is 363 g/mol. The Labute approximate surface area is 150 Å². The number of ether oxygens (including phenoxy) is 2. The first-order valence-electron chi connectivity index (χ1n) is 7.36. The maximum absolute atomic E-state index is 12.1. The van der Waals surface area contributed by atoms with E-state index in [0.717, 1.165) is 16.9 Å². The van der Waals surface area contributed by atoms with Gasteiger partial charge in [0, 0.05) is 16.1 Å². The van der Waals surface area contributed by atoms with Gasteiger partial charge in [-0.2, -0.15) is 0 Å². The molecule has 1 N–H and O–H groups in total. The summed E-state index contributed by atoms with van der Waals surface area (Å²) < 4.78 is 10.6. The smallest absolute Gasteiger partial charge is 0.244 e. The molecule has 0 spiro atoms. The van der Waals surface area contributed by atoms with Crippen molar-refractivity contribution in [1.82, 2.24) is 5.32 Å². The van der Waals surface area contributed by atoms with Crippen molar-refractivity contribution in [3.63, 3.8) is 0 Å². The third-order valence-electron chi connectivity index (χ3n) is 3.63. The summed E-state index contributed by atoms with van der Waals surface area (Å²) in [7, 11) is 0. The van der Waals surface area contributed by atoms with Gasteiger partial charge in [-0.15, -0.1) is 0 Å². The second-order valence-corrected chi connectivity index (χ2v) is 6.19. The van der Waals surface area contributed by atoms with Crippen LogP contribution in [0.1, 0.15) is 24.1 Å². The lowest BCUT2D eigenvalue weighted by molar-refractivity contribution is -0.117. The number of amides is 1. The van der Waals surface area contributed by atoms with Gasteiger partial charge in [0.1, 0.15) is 0 Å². The summed E-state index contributed by atoms with van der Waals surface area (Å²) in [6, 6.07) is 10.6. The first-order valence-corrected chi connectivity index (χ1v) is 8.12. The zero-order valence-corrected chi connectivity index (χ0v) is 14.4. The van der Waals surface area contributed by atoms with E-state index < -0.39 is 0 Å². The molecule has 0 aromatic heterocycles. The van der Waals surface area contributed by atoms with Gasteiger partial charge in [-0.3, -0.25) is 4.79 Å². The molecule has 0 radical (unpaired) electrons. The molecule has 0 aliphatic carbocycles. The Morgan fingerprint density at radius 1 is 1.17 bits per heavy atom. The molecule has 0 saturated carbocycles. The molecular formula is C18H15Cl2NO3. The molecule has 3 rings (SSSR count). The molecule has 0 saturated heterocycles. The van der Waals surface area contributed by atoms with Crippen molar-refractivity contribution in [3.05, 3.63) is 63.6 Å². The SMILES string of the molecule is CC(NC(=O)C=Cc1ccc(Cl)cc1Cl)c1ccc2c(c1)OCO2. The Kier molecular flexibility index (Phi) is 4.97. The number of hydrogen-bond acceptors (Lipinski definition) is 3. The van der Waals surface area contributed by atoms with Gasteiger partial charge in [-0.1, -0.05) is 35.3 Å². The molecular weight excluding hydrogens is 349 g/mol. The Bertz CT molecular complexity index is 805. The first-order chi connectivity index (χ1) is 11.5. The Morgan fingerprint density at radius 2 is 1.96 bits per heavy atom. The van der Waals surface area contributed by atoms with Crippen LogP contribution in [0, 0.1) is 0 Å². The highest BCUT2D eigenvalue weighted by Crippen LogP contribution is 2.34. The fraction of sp³-hybridized carbons (Fsp3) is 0.167. The minimum absolute atomic E-state index is 0.169. The zero-order chi connectivity index (χ0) is 17.1. The maximum atomic E-state index is 12.1. The summed E-state index contributed by atoms with van der Waals surface area (Å²) in [6.07, 6.45) is 3.10. The van der Waals surface area contributed by atoms with E-state index in [1.165, 1.54) is 6.08 Å². The second kappa shape index (κ2) is 7.16. The average Bonchev–Trinajstić information content (AvgIpc) is 3.01. The summed E-state index contributed by atoms with van der Waals surface area (Å²) >= 11 is 11.9. The minimum atomic E-state index is -0.216. The number of benzene rings is 2. The molecule has 24 heavy (non-hydrogen) atoms. The Hall–Kier alpha value is -2.17. The number of halogens is 2. The standard InChI is InChI=1S/C18H15Cl2NO3/c1-11(13-3-6-16-17(8-13)24-10-23-16)21-18(22)7-4-12-2-5-14(19)9-15(12)20/h2-9,11H,10H2,1H3,(H,21,22). The van der Waals surface area contributed by atoms with Gasteiger partial charge in [-0.05, 0) is 48.4 Å². The van der Waals surface area contributed by atoms with Crippen molar-refractivity contribution < 1.29 is 14.3 Å². The van der Waals surface area contributed by atoms with E-state index in [-0.39, 0.29) is 18.7 Å². The summed E-state index contributed by atoms with van der Waals surface area (Å²) in [5.74, 6) is 1.19. The van der Waals surface area contributed by atoms with Crippen molar-refractivity contribution in [1.29, 1.82) is 0 Å². The summed E-state index contributed by atoms with van der Waals surface area (Å²) in [4.78, 5) is 12.1. The van der Waals surface area contributed by atoms with Gasteiger partial charge < -0.3 is 14.8 Å². The van der Waals surface area contributed by atoms with Crippen LogP contribution in [0.15, 0.2) is 42.5 Å². The topological polar surface area (TPSA) is 47.6 Å². The molecule has 6 heteroatoms. The van der Waals surface area contributed by atoms with Crippen molar-refractivity contribution in [2.24, 2.45) is 0 Å². The van der Waals surface area contributed by atoms with Gasteiger partial charge in [0.05, 0.1) is 6.04 Å². The van der Waals surface area contributed by atoms with E-state index in [1.54, 1.807) is 24.3 Å².